The first-order valence-corrected chi connectivity index (χ1v) is 11.8. The van der Waals surface area contributed by atoms with Crippen molar-refractivity contribution in [3.8, 4) is 11.3 Å². The summed E-state index contributed by atoms with van der Waals surface area (Å²) in [6.07, 6.45) is -2.80. The molecule has 2 heterocycles. The van der Waals surface area contributed by atoms with E-state index in [2.05, 4.69) is 9.97 Å². The molecule has 0 atom stereocenters. The lowest BCUT2D eigenvalue weighted by Crippen LogP contribution is -2.16. The fourth-order valence-electron chi connectivity index (χ4n) is 4.79. The van der Waals surface area contributed by atoms with E-state index < -0.39 is 11.9 Å². The Morgan fingerprint density at radius 1 is 0.568 bits per heavy atom. The standard InChI is InChI=1S/C31H20F3N3/c32-31(33,34)27-18-10-19-28(36-27)37(21-11-2-1-3-12-21)30-24-15-6-4-13-22(24)29(26-17-8-9-20-35-26)23-14-5-7-16-25(23)30/h1-20H. The van der Waals surface area contributed by atoms with Crippen molar-refractivity contribution in [2.24, 2.45) is 0 Å². The van der Waals surface area contributed by atoms with Gasteiger partial charge in [-0.3, -0.25) is 9.88 Å². The van der Waals surface area contributed by atoms with Gasteiger partial charge in [-0.15, -0.1) is 0 Å². The number of anilines is 3. The van der Waals surface area contributed by atoms with Crippen molar-refractivity contribution >= 4 is 38.7 Å². The Kier molecular flexibility index (Phi) is 5.57. The Balaban J connectivity index is 1.75. The van der Waals surface area contributed by atoms with Crippen LogP contribution in [0.25, 0.3) is 32.8 Å². The molecule has 180 valence electrons. The van der Waals surface area contributed by atoms with Crippen LogP contribution in [0.1, 0.15) is 5.69 Å². The molecule has 0 fully saturated rings. The normalized spacial score (nSPS) is 11.6. The first-order chi connectivity index (χ1) is 18.0. The maximum absolute atomic E-state index is 13.7. The van der Waals surface area contributed by atoms with Crippen LogP contribution >= 0.6 is 0 Å². The monoisotopic (exact) mass is 491 g/mol. The van der Waals surface area contributed by atoms with Crippen molar-refractivity contribution in [2.45, 2.75) is 6.18 Å². The van der Waals surface area contributed by atoms with E-state index in [1.165, 1.54) is 6.07 Å². The molecule has 4 aromatic carbocycles. The van der Waals surface area contributed by atoms with Gasteiger partial charge in [0.25, 0.3) is 0 Å². The maximum Gasteiger partial charge on any atom is 0.433 e. The van der Waals surface area contributed by atoms with E-state index in [4.69, 9.17) is 0 Å². The Morgan fingerprint density at radius 3 is 1.76 bits per heavy atom. The molecule has 0 amide bonds. The molecule has 0 N–H and O–H groups in total. The number of rotatable bonds is 4. The number of aromatic nitrogens is 2. The zero-order valence-corrected chi connectivity index (χ0v) is 19.5. The smallest absolute Gasteiger partial charge is 0.294 e. The Hall–Kier alpha value is -4.71. The molecule has 0 saturated carbocycles. The highest BCUT2D eigenvalue weighted by Gasteiger charge is 2.33. The summed E-state index contributed by atoms with van der Waals surface area (Å²) >= 11 is 0. The molecule has 0 radical (unpaired) electrons. The molecule has 2 aromatic heterocycles. The number of benzene rings is 4. The van der Waals surface area contributed by atoms with E-state index in [1.807, 2.05) is 102 Å². The predicted octanol–water partition coefficient (Wildman–Crippen LogP) is 8.94. The predicted molar refractivity (Wildman–Crippen MR) is 142 cm³/mol. The quantitative estimate of drug-likeness (QED) is 0.231. The van der Waals surface area contributed by atoms with E-state index in [1.54, 1.807) is 12.3 Å². The van der Waals surface area contributed by atoms with Gasteiger partial charge in [0.1, 0.15) is 11.5 Å². The van der Waals surface area contributed by atoms with Gasteiger partial charge in [0.2, 0.25) is 0 Å². The van der Waals surface area contributed by atoms with E-state index in [0.29, 0.717) is 5.69 Å². The molecule has 3 nitrogen and oxygen atoms in total. The molecule has 0 aliphatic carbocycles. The third-order valence-electron chi connectivity index (χ3n) is 6.32. The van der Waals surface area contributed by atoms with Crippen molar-refractivity contribution in [1.29, 1.82) is 0 Å². The number of pyridine rings is 2. The summed E-state index contributed by atoms with van der Waals surface area (Å²) in [7, 11) is 0. The van der Waals surface area contributed by atoms with Crippen LogP contribution < -0.4 is 4.90 Å². The Labute approximate surface area is 211 Å². The fraction of sp³-hybridized carbons (Fsp3) is 0.0323. The minimum absolute atomic E-state index is 0.182. The molecule has 37 heavy (non-hydrogen) atoms. The van der Waals surface area contributed by atoms with Crippen molar-refractivity contribution in [3.63, 3.8) is 0 Å². The van der Waals surface area contributed by atoms with Gasteiger partial charge in [-0.1, -0.05) is 78.9 Å². The number of hydrogen-bond donors (Lipinski definition) is 0. The van der Waals surface area contributed by atoms with Crippen LogP contribution in [0.2, 0.25) is 0 Å². The molecule has 0 aliphatic rings. The lowest BCUT2D eigenvalue weighted by molar-refractivity contribution is -0.141. The second-order valence-electron chi connectivity index (χ2n) is 8.58. The molecule has 0 unspecified atom stereocenters. The van der Waals surface area contributed by atoms with Gasteiger partial charge in [0.15, 0.2) is 0 Å². The van der Waals surface area contributed by atoms with Crippen LogP contribution in [0.15, 0.2) is 121 Å². The summed E-state index contributed by atoms with van der Waals surface area (Å²) in [5.41, 5.74) is 2.31. The maximum atomic E-state index is 13.7. The fourth-order valence-corrected chi connectivity index (χ4v) is 4.79. The minimum Gasteiger partial charge on any atom is -0.294 e. The lowest BCUT2D eigenvalue weighted by Gasteiger charge is -2.28. The van der Waals surface area contributed by atoms with Crippen molar-refractivity contribution in [1.82, 2.24) is 9.97 Å². The van der Waals surface area contributed by atoms with Crippen LogP contribution in [0, 0.1) is 0 Å². The summed E-state index contributed by atoms with van der Waals surface area (Å²) in [4.78, 5) is 10.5. The molecule has 0 saturated heterocycles. The summed E-state index contributed by atoms with van der Waals surface area (Å²) in [5.74, 6) is 0.182. The molecular formula is C31H20F3N3. The van der Waals surface area contributed by atoms with Crippen molar-refractivity contribution in [2.75, 3.05) is 4.90 Å². The highest BCUT2D eigenvalue weighted by molar-refractivity contribution is 6.21. The number of fused-ring (bicyclic) bond motifs is 2. The van der Waals surface area contributed by atoms with Gasteiger partial charge < -0.3 is 0 Å². The van der Waals surface area contributed by atoms with Crippen LogP contribution in [0.3, 0.4) is 0 Å². The minimum atomic E-state index is -4.56. The molecule has 6 heteroatoms. The first kappa shape index (κ1) is 22.7. The van der Waals surface area contributed by atoms with Crippen LogP contribution in [-0.4, -0.2) is 9.97 Å². The number of nitrogens with zero attached hydrogens (tertiary/aromatic N) is 3. The zero-order valence-electron chi connectivity index (χ0n) is 19.5. The number of halogens is 3. The highest BCUT2D eigenvalue weighted by Crippen LogP contribution is 2.47. The summed E-state index contributed by atoms with van der Waals surface area (Å²) in [5, 5.41) is 3.65. The molecule has 6 aromatic rings. The summed E-state index contributed by atoms with van der Waals surface area (Å²) in [6, 6.07) is 35.0. The second kappa shape index (κ2) is 9.06. The van der Waals surface area contributed by atoms with Gasteiger partial charge in [-0.25, -0.2) is 4.98 Å². The molecule has 0 bridgehead atoms. The number of alkyl halides is 3. The second-order valence-corrected chi connectivity index (χ2v) is 8.58. The summed E-state index contributed by atoms with van der Waals surface area (Å²) in [6.45, 7) is 0. The number of hydrogen-bond acceptors (Lipinski definition) is 3. The first-order valence-electron chi connectivity index (χ1n) is 11.8. The lowest BCUT2D eigenvalue weighted by atomic mass is 9.92. The molecule has 6 rings (SSSR count). The van der Waals surface area contributed by atoms with E-state index in [-0.39, 0.29) is 5.82 Å². The van der Waals surface area contributed by atoms with Crippen molar-refractivity contribution < 1.29 is 13.2 Å². The van der Waals surface area contributed by atoms with E-state index in [9.17, 15) is 13.2 Å². The van der Waals surface area contributed by atoms with Crippen LogP contribution in [-0.2, 0) is 6.18 Å². The van der Waals surface area contributed by atoms with E-state index in [0.717, 1.165) is 44.6 Å². The third-order valence-corrected chi connectivity index (χ3v) is 6.32. The van der Waals surface area contributed by atoms with Gasteiger partial charge in [-0.05, 0) is 47.2 Å². The van der Waals surface area contributed by atoms with Crippen LogP contribution in [0.5, 0.6) is 0 Å². The average Bonchev–Trinajstić information content (AvgIpc) is 2.94. The zero-order chi connectivity index (χ0) is 25.4. The molecule has 0 aliphatic heterocycles. The molecular weight excluding hydrogens is 471 g/mol. The SMILES string of the molecule is FC(F)(F)c1cccc(N(c2ccccc2)c2c3ccccc3c(-c3ccccn3)c3ccccc23)n1. The average molecular weight is 492 g/mol. The van der Waals surface area contributed by atoms with Gasteiger partial charge in [0, 0.05) is 28.2 Å². The summed E-state index contributed by atoms with van der Waals surface area (Å²) < 4.78 is 41.1. The van der Waals surface area contributed by atoms with Gasteiger partial charge in [-0.2, -0.15) is 13.2 Å². The Bertz CT molecular complexity index is 1660. The van der Waals surface area contributed by atoms with Gasteiger partial charge in [0.05, 0.1) is 11.4 Å². The highest BCUT2D eigenvalue weighted by atomic mass is 19.4. The van der Waals surface area contributed by atoms with Crippen LogP contribution in [0.4, 0.5) is 30.4 Å². The molecule has 0 spiro atoms. The topological polar surface area (TPSA) is 29.0 Å². The number of para-hydroxylation sites is 1. The van der Waals surface area contributed by atoms with Crippen molar-refractivity contribution in [3.05, 3.63) is 127 Å². The largest absolute Gasteiger partial charge is 0.433 e. The van der Waals surface area contributed by atoms with E-state index >= 15 is 0 Å². The third kappa shape index (κ3) is 4.06. The Morgan fingerprint density at radius 2 is 1.16 bits per heavy atom. The van der Waals surface area contributed by atoms with Gasteiger partial charge >= 0.3 is 6.18 Å².